The molecular weight excluding hydrogens is 328 g/mol. The maximum atomic E-state index is 12.3. The fourth-order valence-corrected chi connectivity index (χ4v) is 3.36. The molecule has 1 aromatic rings. The van der Waals surface area contributed by atoms with Crippen LogP contribution in [0.4, 0.5) is 13.2 Å². The summed E-state index contributed by atoms with van der Waals surface area (Å²) >= 11 is -2.97. The number of carbonyl (C=O) groups excluding carboxylic acids is 1. The number of halogens is 4. The molecule has 0 spiro atoms. The van der Waals surface area contributed by atoms with E-state index in [0.717, 1.165) is 12.1 Å². The van der Waals surface area contributed by atoms with Gasteiger partial charge in [-0.25, -0.2) is 0 Å². The van der Waals surface area contributed by atoms with E-state index in [2.05, 4.69) is 3.07 Å². The van der Waals surface area contributed by atoms with Crippen LogP contribution >= 0.6 is 20.6 Å². The molecule has 0 amide bonds. The van der Waals surface area contributed by atoms with E-state index >= 15 is 0 Å². The first-order valence-corrected chi connectivity index (χ1v) is 6.65. The molecule has 1 aromatic carbocycles. The standard InChI is InChI=1S/C8H4F3IO3/c9-8(10,11)4-1-2-6-5(3-4)7(13)15-12(6)14/h1-3,14H. The molecular formula is C8H4F3IO3. The van der Waals surface area contributed by atoms with Gasteiger partial charge in [-0.3, -0.25) is 0 Å². The minimum absolute atomic E-state index is 0.169. The maximum absolute atomic E-state index is 12.3. The van der Waals surface area contributed by atoms with E-state index in [9.17, 15) is 21.4 Å². The van der Waals surface area contributed by atoms with Gasteiger partial charge in [-0.1, -0.05) is 0 Å². The SMILES string of the molecule is O=C1OI(O)c2ccc(C(F)(F)F)cc21. The summed E-state index contributed by atoms with van der Waals surface area (Å²) in [7, 11) is 0. The van der Waals surface area contributed by atoms with Crippen molar-refractivity contribution in [2.45, 2.75) is 6.18 Å². The van der Waals surface area contributed by atoms with Crippen LogP contribution in [-0.4, -0.2) is 9.41 Å². The molecule has 0 aromatic heterocycles. The van der Waals surface area contributed by atoms with E-state index in [4.69, 9.17) is 0 Å². The quantitative estimate of drug-likeness (QED) is 0.742. The molecule has 2 rings (SSSR count). The fraction of sp³-hybridized carbons (Fsp3) is 0.125. The Morgan fingerprint density at radius 1 is 1.33 bits per heavy atom. The average Bonchev–Trinajstić information content (AvgIpc) is 2.41. The molecule has 1 N–H and O–H groups in total. The second-order valence-corrected chi connectivity index (χ2v) is 5.71. The summed E-state index contributed by atoms with van der Waals surface area (Å²) in [5, 5.41) is 0. The topological polar surface area (TPSA) is 46.5 Å². The zero-order chi connectivity index (χ0) is 11.2. The van der Waals surface area contributed by atoms with Crippen LogP contribution in [0.1, 0.15) is 15.9 Å². The Kier molecular flexibility index (Phi) is 2.38. The van der Waals surface area contributed by atoms with E-state index in [1.54, 1.807) is 0 Å². The molecule has 0 saturated heterocycles. The van der Waals surface area contributed by atoms with Gasteiger partial charge in [-0.15, -0.1) is 0 Å². The van der Waals surface area contributed by atoms with Gasteiger partial charge in [0, 0.05) is 0 Å². The summed E-state index contributed by atoms with van der Waals surface area (Å²) in [6, 6.07) is 2.65. The van der Waals surface area contributed by atoms with Gasteiger partial charge in [0.2, 0.25) is 0 Å². The van der Waals surface area contributed by atoms with Crippen molar-refractivity contribution in [1.29, 1.82) is 0 Å². The van der Waals surface area contributed by atoms with Crippen LogP contribution in [0.5, 0.6) is 0 Å². The molecule has 3 nitrogen and oxygen atoms in total. The van der Waals surface area contributed by atoms with Crippen molar-refractivity contribution in [3.63, 3.8) is 0 Å². The van der Waals surface area contributed by atoms with Gasteiger partial charge in [0.15, 0.2) is 0 Å². The molecule has 0 bridgehead atoms. The second kappa shape index (κ2) is 3.34. The number of benzene rings is 1. The van der Waals surface area contributed by atoms with E-state index in [-0.39, 0.29) is 9.13 Å². The molecule has 82 valence electrons. The van der Waals surface area contributed by atoms with Gasteiger partial charge < -0.3 is 0 Å². The zero-order valence-corrected chi connectivity index (χ0v) is 9.17. The summed E-state index contributed by atoms with van der Waals surface area (Å²) in [5.41, 5.74) is -1.08. The van der Waals surface area contributed by atoms with Crippen LogP contribution in [0.2, 0.25) is 0 Å². The Hall–Kier alpha value is -0.830. The third-order valence-corrected chi connectivity index (χ3v) is 4.58. The van der Waals surface area contributed by atoms with E-state index in [1.807, 2.05) is 0 Å². The Labute approximate surface area is 90.3 Å². The molecule has 0 unspecified atom stereocenters. The molecule has 0 aliphatic carbocycles. The normalized spacial score (nSPS) is 17.6. The average molecular weight is 332 g/mol. The molecule has 0 radical (unpaired) electrons. The van der Waals surface area contributed by atoms with E-state index < -0.39 is 38.4 Å². The first-order valence-electron chi connectivity index (χ1n) is 3.73. The summed E-state index contributed by atoms with van der Waals surface area (Å²) < 4.78 is 50.8. The Balaban J connectivity index is 2.52. The van der Waals surface area contributed by atoms with Crippen molar-refractivity contribution < 1.29 is 24.5 Å². The molecule has 1 aliphatic rings. The van der Waals surface area contributed by atoms with Crippen LogP contribution in [0.25, 0.3) is 0 Å². The Morgan fingerprint density at radius 2 is 2.00 bits per heavy atom. The predicted molar refractivity (Wildman–Crippen MR) is 51.8 cm³/mol. The third-order valence-electron chi connectivity index (χ3n) is 1.83. The fourth-order valence-electron chi connectivity index (χ4n) is 1.15. The third kappa shape index (κ3) is 1.81. The number of rotatable bonds is 0. The first-order chi connectivity index (χ1) is 6.89. The molecule has 0 atom stereocenters. The number of fused-ring (bicyclic) bond motifs is 1. The van der Waals surface area contributed by atoms with Crippen LogP contribution in [0.15, 0.2) is 18.2 Å². The van der Waals surface area contributed by atoms with Crippen LogP contribution in [0.3, 0.4) is 0 Å². The van der Waals surface area contributed by atoms with Crippen LogP contribution < -0.4 is 0 Å². The number of hydrogen-bond donors (Lipinski definition) is 1. The molecule has 0 fully saturated rings. The summed E-state index contributed by atoms with van der Waals surface area (Å²) in [6.45, 7) is 0. The molecule has 0 saturated carbocycles. The van der Waals surface area contributed by atoms with Gasteiger partial charge in [-0.2, -0.15) is 0 Å². The molecule has 7 heteroatoms. The van der Waals surface area contributed by atoms with E-state index in [0.29, 0.717) is 6.07 Å². The minimum atomic E-state index is -4.49. The molecule has 15 heavy (non-hydrogen) atoms. The van der Waals surface area contributed by atoms with Gasteiger partial charge in [0.1, 0.15) is 0 Å². The second-order valence-electron chi connectivity index (χ2n) is 2.79. The summed E-state index contributed by atoms with van der Waals surface area (Å²) in [4.78, 5) is 11.0. The first kappa shape index (κ1) is 10.7. The van der Waals surface area contributed by atoms with Gasteiger partial charge in [0.05, 0.1) is 0 Å². The number of carbonyl (C=O) groups is 1. The van der Waals surface area contributed by atoms with Crippen molar-refractivity contribution in [1.82, 2.24) is 0 Å². The molecule has 1 aliphatic heterocycles. The number of alkyl halides is 3. The summed E-state index contributed by atoms with van der Waals surface area (Å²) in [6.07, 6.45) is -4.49. The van der Waals surface area contributed by atoms with Gasteiger partial charge in [0.25, 0.3) is 0 Å². The number of hydrogen-bond acceptors (Lipinski definition) is 3. The zero-order valence-electron chi connectivity index (χ0n) is 7.01. The van der Waals surface area contributed by atoms with Crippen molar-refractivity contribution >= 4 is 26.6 Å². The summed E-state index contributed by atoms with van der Waals surface area (Å²) in [5.74, 6) is -0.871. The van der Waals surface area contributed by atoms with Gasteiger partial charge in [-0.05, 0) is 0 Å². The van der Waals surface area contributed by atoms with Crippen molar-refractivity contribution in [3.8, 4) is 0 Å². The monoisotopic (exact) mass is 332 g/mol. The van der Waals surface area contributed by atoms with Gasteiger partial charge >= 0.3 is 90.2 Å². The van der Waals surface area contributed by atoms with E-state index in [1.165, 1.54) is 0 Å². The van der Waals surface area contributed by atoms with Crippen molar-refractivity contribution in [3.05, 3.63) is 32.9 Å². The van der Waals surface area contributed by atoms with Crippen LogP contribution in [0, 0.1) is 3.57 Å². The van der Waals surface area contributed by atoms with Crippen LogP contribution in [-0.2, 0) is 9.24 Å². The Bertz CT molecular complexity index is 430. The Morgan fingerprint density at radius 3 is 2.60 bits per heavy atom. The predicted octanol–water partition coefficient (Wildman–Crippen LogP) is 2.37. The molecule has 1 heterocycles. The van der Waals surface area contributed by atoms with Crippen molar-refractivity contribution in [2.24, 2.45) is 0 Å². The van der Waals surface area contributed by atoms with Crippen molar-refractivity contribution in [2.75, 3.05) is 0 Å².